The number of alkyl halides is 3. The van der Waals surface area contributed by atoms with Gasteiger partial charge in [0.15, 0.2) is 0 Å². The minimum absolute atomic E-state index is 0.0930. The molecule has 1 aromatic carbocycles. The van der Waals surface area contributed by atoms with Gasteiger partial charge < -0.3 is 14.4 Å². The van der Waals surface area contributed by atoms with Crippen LogP contribution in [-0.2, 0) is 11.3 Å². The molecular weight excluding hydrogens is 277 g/mol. The van der Waals surface area contributed by atoms with Crippen molar-refractivity contribution in [1.82, 2.24) is 9.55 Å². The van der Waals surface area contributed by atoms with Crippen LogP contribution in [0.4, 0.5) is 13.2 Å². The molecule has 8 heteroatoms. The number of aromatic nitrogens is 2. The Morgan fingerprint density at radius 3 is 2.80 bits per heavy atom. The summed E-state index contributed by atoms with van der Waals surface area (Å²) >= 11 is 0. The molecule has 20 heavy (non-hydrogen) atoms. The molecule has 5 nitrogen and oxygen atoms in total. The number of nitrogens with zero attached hydrogens (tertiary/aromatic N) is 2. The van der Waals surface area contributed by atoms with Gasteiger partial charge in [0.25, 0.3) is 0 Å². The van der Waals surface area contributed by atoms with E-state index < -0.39 is 18.8 Å². The number of benzene rings is 1. The van der Waals surface area contributed by atoms with Gasteiger partial charge in [-0.15, -0.1) is 0 Å². The molecule has 0 unspecified atom stereocenters. The van der Waals surface area contributed by atoms with Crippen LogP contribution < -0.4 is 0 Å². The normalized spacial score (nSPS) is 11.9. The predicted molar refractivity (Wildman–Crippen MR) is 63.6 cm³/mol. The predicted octanol–water partition coefficient (Wildman–Crippen LogP) is 2.31. The first-order valence-corrected chi connectivity index (χ1v) is 5.69. The second kappa shape index (κ2) is 5.49. The fourth-order valence-electron chi connectivity index (χ4n) is 1.72. The first kappa shape index (κ1) is 14.3. The Kier molecular flexibility index (Phi) is 3.93. The Morgan fingerprint density at radius 1 is 1.40 bits per heavy atom. The number of carbonyl (C=O) groups is 1. The summed E-state index contributed by atoms with van der Waals surface area (Å²) < 4.78 is 41.8. The van der Waals surface area contributed by atoms with Gasteiger partial charge in [-0.2, -0.15) is 13.2 Å². The number of rotatable bonds is 5. The van der Waals surface area contributed by atoms with Crippen LogP contribution in [0.5, 0.6) is 0 Å². The zero-order valence-electron chi connectivity index (χ0n) is 10.2. The quantitative estimate of drug-likeness (QED) is 0.857. The summed E-state index contributed by atoms with van der Waals surface area (Å²) in [6, 6.07) is 4.39. The fourth-order valence-corrected chi connectivity index (χ4v) is 1.72. The number of fused-ring (bicyclic) bond motifs is 1. The van der Waals surface area contributed by atoms with Crippen molar-refractivity contribution in [2.75, 3.05) is 13.2 Å². The SMILES string of the molecule is O=C(O)c1ccc2ncn(CCOCC(F)(F)F)c2c1. The first-order chi connectivity index (χ1) is 9.37. The van der Waals surface area contributed by atoms with Crippen LogP contribution in [0.1, 0.15) is 10.4 Å². The number of carboxylic acids is 1. The molecule has 2 aromatic rings. The summed E-state index contributed by atoms with van der Waals surface area (Å²) in [7, 11) is 0. The number of carboxylic acid groups (broad SMARTS) is 1. The van der Waals surface area contributed by atoms with Gasteiger partial charge in [-0.1, -0.05) is 0 Å². The van der Waals surface area contributed by atoms with Gasteiger partial charge >= 0.3 is 12.1 Å². The van der Waals surface area contributed by atoms with E-state index in [1.165, 1.54) is 18.5 Å². The maximum absolute atomic E-state index is 11.9. The Bertz CT molecular complexity index is 622. The lowest BCUT2D eigenvalue weighted by atomic mass is 10.2. The molecule has 0 amide bonds. The third-order valence-electron chi connectivity index (χ3n) is 2.61. The number of hydrogen-bond acceptors (Lipinski definition) is 3. The van der Waals surface area contributed by atoms with Crippen molar-refractivity contribution >= 4 is 17.0 Å². The average Bonchev–Trinajstić information content (AvgIpc) is 2.76. The lowest BCUT2D eigenvalue weighted by Gasteiger charge is -2.08. The number of halogens is 3. The standard InChI is InChI=1S/C12H11F3N2O3/c13-12(14,15)6-20-4-3-17-7-16-9-2-1-8(11(18)19)5-10(9)17/h1-2,5,7H,3-4,6H2,(H,18,19). The molecule has 108 valence electrons. The highest BCUT2D eigenvalue weighted by molar-refractivity contribution is 5.92. The third kappa shape index (κ3) is 3.47. The van der Waals surface area contributed by atoms with Crippen molar-refractivity contribution in [3.05, 3.63) is 30.1 Å². The Morgan fingerprint density at radius 2 is 2.15 bits per heavy atom. The maximum atomic E-state index is 11.9. The third-order valence-corrected chi connectivity index (χ3v) is 2.61. The van der Waals surface area contributed by atoms with Crippen molar-refractivity contribution in [3.8, 4) is 0 Å². The van der Waals surface area contributed by atoms with Crippen LogP contribution in [0.15, 0.2) is 24.5 Å². The maximum Gasteiger partial charge on any atom is 0.411 e. The van der Waals surface area contributed by atoms with Crippen LogP contribution in [0.2, 0.25) is 0 Å². The van der Waals surface area contributed by atoms with E-state index in [1.807, 2.05) is 0 Å². The van der Waals surface area contributed by atoms with Crippen molar-refractivity contribution in [2.45, 2.75) is 12.7 Å². The van der Waals surface area contributed by atoms with Gasteiger partial charge in [-0.3, -0.25) is 0 Å². The smallest absolute Gasteiger partial charge is 0.411 e. The minimum atomic E-state index is -4.35. The molecule has 0 atom stereocenters. The average molecular weight is 288 g/mol. The van der Waals surface area contributed by atoms with Gasteiger partial charge in [0.1, 0.15) is 6.61 Å². The molecule has 0 fully saturated rings. The van der Waals surface area contributed by atoms with E-state index >= 15 is 0 Å². The summed E-state index contributed by atoms with van der Waals surface area (Å²) in [6.07, 6.45) is -2.92. The fraction of sp³-hybridized carbons (Fsp3) is 0.333. The van der Waals surface area contributed by atoms with Gasteiger partial charge in [0, 0.05) is 6.54 Å². The van der Waals surface area contributed by atoms with Crippen molar-refractivity contribution in [1.29, 1.82) is 0 Å². The van der Waals surface area contributed by atoms with E-state index in [0.29, 0.717) is 11.0 Å². The molecule has 0 spiro atoms. The molecule has 0 aliphatic rings. The second-order valence-electron chi connectivity index (χ2n) is 4.11. The monoisotopic (exact) mass is 288 g/mol. The molecule has 2 rings (SSSR count). The highest BCUT2D eigenvalue weighted by atomic mass is 19.4. The topological polar surface area (TPSA) is 64.3 Å². The van der Waals surface area contributed by atoms with E-state index in [4.69, 9.17) is 5.11 Å². The number of aromatic carboxylic acids is 1. The van der Waals surface area contributed by atoms with E-state index in [2.05, 4.69) is 9.72 Å². The van der Waals surface area contributed by atoms with Gasteiger partial charge in [-0.25, -0.2) is 9.78 Å². The number of imidazole rings is 1. The van der Waals surface area contributed by atoms with Crippen LogP contribution in [0, 0.1) is 0 Å². The summed E-state index contributed by atoms with van der Waals surface area (Å²) in [6.45, 7) is -1.28. The summed E-state index contributed by atoms with van der Waals surface area (Å²) in [5.74, 6) is -1.08. The molecule has 0 bridgehead atoms. The molecule has 1 heterocycles. The highest BCUT2D eigenvalue weighted by Gasteiger charge is 2.27. The Balaban J connectivity index is 2.06. The van der Waals surface area contributed by atoms with Crippen LogP contribution in [0.25, 0.3) is 11.0 Å². The van der Waals surface area contributed by atoms with Crippen LogP contribution in [-0.4, -0.2) is 40.0 Å². The highest BCUT2D eigenvalue weighted by Crippen LogP contribution is 2.16. The first-order valence-electron chi connectivity index (χ1n) is 5.69. The summed E-state index contributed by atoms with van der Waals surface area (Å²) in [5.41, 5.74) is 1.21. The molecule has 0 saturated heterocycles. The zero-order chi connectivity index (χ0) is 14.8. The molecular formula is C12H11F3N2O3. The largest absolute Gasteiger partial charge is 0.478 e. The Hall–Kier alpha value is -2.09. The molecule has 1 N–H and O–H groups in total. The zero-order valence-corrected chi connectivity index (χ0v) is 10.2. The van der Waals surface area contributed by atoms with E-state index in [1.54, 1.807) is 10.6 Å². The molecule has 0 aliphatic heterocycles. The van der Waals surface area contributed by atoms with Crippen molar-refractivity contribution < 1.29 is 27.8 Å². The van der Waals surface area contributed by atoms with Gasteiger partial charge in [0.05, 0.1) is 29.5 Å². The van der Waals surface area contributed by atoms with Gasteiger partial charge in [0.2, 0.25) is 0 Å². The van der Waals surface area contributed by atoms with Gasteiger partial charge in [-0.05, 0) is 18.2 Å². The minimum Gasteiger partial charge on any atom is -0.478 e. The lowest BCUT2D eigenvalue weighted by molar-refractivity contribution is -0.174. The molecule has 0 radical (unpaired) electrons. The van der Waals surface area contributed by atoms with Crippen LogP contribution in [0.3, 0.4) is 0 Å². The number of ether oxygens (including phenoxy) is 1. The van der Waals surface area contributed by atoms with Crippen molar-refractivity contribution in [2.24, 2.45) is 0 Å². The molecule has 0 aliphatic carbocycles. The Labute approximate surface area is 111 Å². The second-order valence-corrected chi connectivity index (χ2v) is 4.11. The molecule has 0 saturated carbocycles. The van der Waals surface area contributed by atoms with E-state index in [-0.39, 0.29) is 18.7 Å². The van der Waals surface area contributed by atoms with Crippen LogP contribution >= 0.6 is 0 Å². The number of hydrogen-bond donors (Lipinski definition) is 1. The summed E-state index contributed by atoms with van der Waals surface area (Å²) in [4.78, 5) is 14.9. The molecule has 1 aromatic heterocycles. The van der Waals surface area contributed by atoms with E-state index in [9.17, 15) is 18.0 Å². The van der Waals surface area contributed by atoms with E-state index in [0.717, 1.165) is 0 Å². The lowest BCUT2D eigenvalue weighted by Crippen LogP contribution is -2.18. The summed E-state index contributed by atoms with van der Waals surface area (Å²) in [5, 5.41) is 8.90. The van der Waals surface area contributed by atoms with Crippen molar-refractivity contribution in [3.63, 3.8) is 0 Å².